The van der Waals surface area contributed by atoms with Crippen molar-refractivity contribution >= 4 is 5.91 Å². The Balaban J connectivity index is 2.57. The van der Waals surface area contributed by atoms with Crippen molar-refractivity contribution in [1.29, 1.82) is 0 Å². The van der Waals surface area contributed by atoms with Crippen LogP contribution in [0, 0.1) is 11.6 Å². The summed E-state index contributed by atoms with van der Waals surface area (Å²) in [6.45, 7) is 3.60. The Bertz CT molecular complexity index is 427. The van der Waals surface area contributed by atoms with E-state index in [0.717, 1.165) is 18.6 Å². The van der Waals surface area contributed by atoms with E-state index in [1.54, 1.807) is 6.92 Å². The van der Waals surface area contributed by atoms with Crippen molar-refractivity contribution in [1.82, 2.24) is 5.32 Å². The van der Waals surface area contributed by atoms with E-state index >= 15 is 0 Å². The van der Waals surface area contributed by atoms with Crippen molar-refractivity contribution < 1.29 is 18.7 Å². The number of nitrogens with one attached hydrogen (secondary N) is 1. The molecule has 1 rings (SSSR count). The molecule has 0 heterocycles. The van der Waals surface area contributed by atoms with Crippen molar-refractivity contribution in [2.75, 3.05) is 6.54 Å². The summed E-state index contributed by atoms with van der Waals surface area (Å²) in [5, 5.41) is 12.4. The summed E-state index contributed by atoms with van der Waals surface area (Å²) >= 11 is 0. The summed E-state index contributed by atoms with van der Waals surface area (Å²) in [5.41, 5.74) is -1.26. The van der Waals surface area contributed by atoms with E-state index in [2.05, 4.69) is 5.32 Å². The third kappa shape index (κ3) is 4.95. The number of carbonyl (C=O) groups excluding carboxylic acids is 1. The molecule has 0 spiro atoms. The van der Waals surface area contributed by atoms with Crippen LogP contribution in [0.4, 0.5) is 8.78 Å². The molecule has 106 valence electrons. The van der Waals surface area contributed by atoms with Gasteiger partial charge in [-0.2, -0.15) is 0 Å². The number of rotatable bonds is 6. The molecule has 3 nitrogen and oxygen atoms in total. The van der Waals surface area contributed by atoms with Crippen LogP contribution in [0.5, 0.6) is 0 Å². The van der Waals surface area contributed by atoms with E-state index in [9.17, 15) is 18.7 Å². The molecule has 0 bridgehead atoms. The normalized spacial score (nSPS) is 13.9. The average Bonchev–Trinajstić information content (AvgIpc) is 2.32. The Morgan fingerprint density at radius 1 is 1.37 bits per heavy atom. The van der Waals surface area contributed by atoms with E-state index in [1.165, 1.54) is 6.07 Å². The minimum absolute atomic E-state index is 0.0652. The van der Waals surface area contributed by atoms with Crippen LogP contribution in [0.3, 0.4) is 0 Å². The molecule has 0 aromatic heterocycles. The van der Waals surface area contributed by atoms with Gasteiger partial charge in [0.2, 0.25) is 5.91 Å². The largest absolute Gasteiger partial charge is 0.388 e. The lowest BCUT2D eigenvalue weighted by atomic mass is 10.0. The lowest BCUT2D eigenvalue weighted by Crippen LogP contribution is -2.41. The van der Waals surface area contributed by atoms with Gasteiger partial charge in [-0.05, 0) is 25.5 Å². The van der Waals surface area contributed by atoms with Gasteiger partial charge in [-0.1, -0.05) is 19.4 Å². The van der Waals surface area contributed by atoms with Crippen molar-refractivity contribution in [3.8, 4) is 0 Å². The molecular formula is C14H19F2NO2. The molecule has 19 heavy (non-hydrogen) atoms. The highest BCUT2D eigenvalue weighted by Crippen LogP contribution is 2.13. The molecule has 0 fully saturated rings. The Morgan fingerprint density at radius 3 is 2.47 bits per heavy atom. The van der Waals surface area contributed by atoms with Crippen LogP contribution in [0.2, 0.25) is 0 Å². The zero-order valence-corrected chi connectivity index (χ0v) is 11.2. The highest BCUT2D eigenvalue weighted by molar-refractivity contribution is 5.78. The summed E-state index contributed by atoms with van der Waals surface area (Å²) in [4.78, 5) is 11.6. The van der Waals surface area contributed by atoms with Gasteiger partial charge < -0.3 is 10.4 Å². The van der Waals surface area contributed by atoms with E-state index in [1.807, 2.05) is 6.92 Å². The maximum Gasteiger partial charge on any atom is 0.224 e. The van der Waals surface area contributed by atoms with E-state index in [0.29, 0.717) is 6.42 Å². The zero-order valence-electron chi connectivity index (χ0n) is 11.2. The molecule has 1 unspecified atom stereocenters. The molecular weight excluding hydrogens is 252 g/mol. The molecule has 1 aromatic rings. The molecule has 1 atom stereocenters. The maximum absolute atomic E-state index is 13.3. The quantitative estimate of drug-likeness (QED) is 0.833. The van der Waals surface area contributed by atoms with Gasteiger partial charge >= 0.3 is 0 Å². The third-order valence-electron chi connectivity index (χ3n) is 2.85. The number of hydrogen-bond donors (Lipinski definition) is 2. The highest BCUT2D eigenvalue weighted by atomic mass is 19.1. The van der Waals surface area contributed by atoms with Gasteiger partial charge in [0.05, 0.1) is 12.0 Å². The molecule has 1 aromatic carbocycles. The third-order valence-corrected chi connectivity index (χ3v) is 2.85. The number of hydrogen-bond acceptors (Lipinski definition) is 2. The van der Waals surface area contributed by atoms with Crippen LogP contribution in [0.15, 0.2) is 18.2 Å². The first kappa shape index (κ1) is 15.6. The fraction of sp³-hybridized carbons (Fsp3) is 0.500. The monoisotopic (exact) mass is 271 g/mol. The number of aliphatic hydroxyl groups is 1. The second-order valence-electron chi connectivity index (χ2n) is 4.90. The lowest BCUT2D eigenvalue weighted by molar-refractivity contribution is -0.121. The fourth-order valence-electron chi connectivity index (χ4n) is 1.84. The van der Waals surface area contributed by atoms with E-state index in [-0.39, 0.29) is 18.5 Å². The summed E-state index contributed by atoms with van der Waals surface area (Å²) in [5.74, 6) is -1.99. The van der Waals surface area contributed by atoms with Gasteiger partial charge in [0.15, 0.2) is 0 Å². The van der Waals surface area contributed by atoms with Crippen LogP contribution >= 0.6 is 0 Å². The van der Waals surface area contributed by atoms with Crippen LogP contribution in [0.25, 0.3) is 0 Å². The molecule has 0 radical (unpaired) electrons. The van der Waals surface area contributed by atoms with Crippen LogP contribution in [-0.2, 0) is 11.2 Å². The summed E-state index contributed by atoms with van der Waals surface area (Å²) in [6.07, 6.45) is 0.951. The van der Waals surface area contributed by atoms with E-state index < -0.39 is 23.1 Å². The summed E-state index contributed by atoms with van der Waals surface area (Å²) < 4.78 is 26.7. The van der Waals surface area contributed by atoms with Crippen molar-refractivity contribution in [2.45, 2.75) is 38.7 Å². The first-order valence-electron chi connectivity index (χ1n) is 6.27. The number of benzene rings is 1. The average molecular weight is 271 g/mol. The molecule has 1 amide bonds. The molecule has 2 N–H and O–H groups in total. The summed E-state index contributed by atoms with van der Waals surface area (Å²) in [6, 6.07) is 3.47. The summed E-state index contributed by atoms with van der Waals surface area (Å²) in [7, 11) is 0. The maximum atomic E-state index is 13.3. The van der Waals surface area contributed by atoms with Gasteiger partial charge in [0, 0.05) is 12.1 Å². The fourth-order valence-corrected chi connectivity index (χ4v) is 1.84. The Morgan fingerprint density at radius 2 is 1.95 bits per heavy atom. The molecule has 0 aliphatic heterocycles. The van der Waals surface area contributed by atoms with Gasteiger partial charge in [0.1, 0.15) is 11.6 Å². The van der Waals surface area contributed by atoms with Gasteiger partial charge in [-0.15, -0.1) is 0 Å². The van der Waals surface area contributed by atoms with Crippen molar-refractivity contribution in [3.63, 3.8) is 0 Å². The minimum atomic E-state index is -1.00. The van der Waals surface area contributed by atoms with Crippen molar-refractivity contribution in [2.24, 2.45) is 0 Å². The first-order chi connectivity index (χ1) is 8.85. The zero-order chi connectivity index (χ0) is 14.5. The number of halogens is 2. The van der Waals surface area contributed by atoms with Gasteiger partial charge in [-0.25, -0.2) is 8.78 Å². The topological polar surface area (TPSA) is 49.3 Å². The molecule has 0 aliphatic carbocycles. The standard InChI is InChI=1S/C14H19F2NO2/c1-3-7-14(2,19)9-17-13(18)8-10-11(15)5-4-6-12(10)16/h4-6,19H,3,7-9H2,1-2H3,(H,17,18). The van der Waals surface area contributed by atoms with Crippen LogP contribution in [0.1, 0.15) is 32.3 Å². The Labute approximate surface area is 111 Å². The van der Waals surface area contributed by atoms with Gasteiger partial charge in [0.25, 0.3) is 0 Å². The SMILES string of the molecule is CCCC(C)(O)CNC(=O)Cc1c(F)cccc1F. The Kier molecular flexibility index (Phi) is 5.42. The first-order valence-corrected chi connectivity index (χ1v) is 6.27. The van der Waals surface area contributed by atoms with Gasteiger partial charge in [-0.3, -0.25) is 4.79 Å². The molecule has 0 aliphatic rings. The van der Waals surface area contributed by atoms with Crippen LogP contribution in [-0.4, -0.2) is 23.2 Å². The van der Waals surface area contributed by atoms with Crippen molar-refractivity contribution in [3.05, 3.63) is 35.4 Å². The molecule has 0 saturated heterocycles. The predicted octanol–water partition coefficient (Wildman–Crippen LogP) is 2.17. The second-order valence-corrected chi connectivity index (χ2v) is 4.90. The molecule has 0 saturated carbocycles. The second kappa shape index (κ2) is 6.61. The van der Waals surface area contributed by atoms with E-state index in [4.69, 9.17) is 0 Å². The minimum Gasteiger partial charge on any atom is -0.388 e. The smallest absolute Gasteiger partial charge is 0.224 e. The highest BCUT2D eigenvalue weighted by Gasteiger charge is 2.20. The lowest BCUT2D eigenvalue weighted by Gasteiger charge is -2.22. The molecule has 5 heteroatoms. The number of carbonyl (C=O) groups is 1. The number of amides is 1. The predicted molar refractivity (Wildman–Crippen MR) is 68.6 cm³/mol. The Hall–Kier alpha value is -1.49. The van der Waals surface area contributed by atoms with Crippen LogP contribution < -0.4 is 5.32 Å².